The van der Waals surface area contributed by atoms with Crippen LogP contribution < -0.4 is 10.2 Å². The van der Waals surface area contributed by atoms with Crippen LogP contribution in [0.2, 0.25) is 0 Å². The van der Waals surface area contributed by atoms with Crippen molar-refractivity contribution in [1.29, 1.82) is 0 Å². The van der Waals surface area contributed by atoms with Crippen molar-refractivity contribution in [3.63, 3.8) is 0 Å². The summed E-state index contributed by atoms with van der Waals surface area (Å²) in [7, 11) is 0. The van der Waals surface area contributed by atoms with Crippen molar-refractivity contribution >= 4 is 11.6 Å². The zero-order valence-corrected chi connectivity index (χ0v) is 12.2. The molecule has 2 rings (SSSR count). The fraction of sp³-hybridized carbons (Fsp3) is 0.562. The van der Waals surface area contributed by atoms with Crippen LogP contribution in [0.1, 0.15) is 31.4 Å². The normalized spacial score (nSPS) is 14.4. The maximum Gasteiger partial charge on any atom is 0.239 e. The van der Waals surface area contributed by atoms with Crippen LogP contribution in [0, 0.1) is 12.8 Å². The summed E-state index contributed by atoms with van der Waals surface area (Å²) in [4.78, 5) is 14.1. The average Bonchev–Trinajstić information content (AvgIpc) is 2.36. The number of fused-ring (bicyclic) bond motifs is 1. The van der Waals surface area contributed by atoms with Crippen molar-refractivity contribution in [2.75, 3.05) is 24.5 Å². The molecule has 1 amide bonds. The van der Waals surface area contributed by atoms with Gasteiger partial charge < -0.3 is 10.2 Å². The molecule has 0 atom stereocenters. The third-order valence-electron chi connectivity index (χ3n) is 3.49. The Morgan fingerprint density at radius 2 is 2.21 bits per heavy atom. The van der Waals surface area contributed by atoms with Crippen LogP contribution in [-0.2, 0) is 11.2 Å². The van der Waals surface area contributed by atoms with Gasteiger partial charge in [-0.2, -0.15) is 0 Å². The Balaban J connectivity index is 2.01. The number of rotatable bonds is 4. The molecule has 0 aromatic heterocycles. The maximum absolute atomic E-state index is 11.9. The van der Waals surface area contributed by atoms with E-state index in [9.17, 15) is 4.79 Å². The van der Waals surface area contributed by atoms with Crippen LogP contribution in [0.5, 0.6) is 0 Å². The van der Waals surface area contributed by atoms with Crippen LogP contribution in [0.3, 0.4) is 0 Å². The van der Waals surface area contributed by atoms with Gasteiger partial charge in [-0.3, -0.25) is 4.79 Å². The summed E-state index contributed by atoms with van der Waals surface area (Å²) in [6.45, 7) is 8.55. The predicted molar refractivity (Wildman–Crippen MR) is 79.6 cm³/mol. The quantitative estimate of drug-likeness (QED) is 0.902. The monoisotopic (exact) mass is 260 g/mol. The van der Waals surface area contributed by atoms with Crippen molar-refractivity contribution in [1.82, 2.24) is 5.32 Å². The molecule has 0 saturated heterocycles. The first kappa shape index (κ1) is 13.9. The van der Waals surface area contributed by atoms with Crippen molar-refractivity contribution in [2.45, 2.75) is 33.6 Å². The first-order valence-corrected chi connectivity index (χ1v) is 7.17. The van der Waals surface area contributed by atoms with E-state index in [4.69, 9.17) is 0 Å². The summed E-state index contributed by atoms with van der Waals surface area (Å²) in [6.07, 6.45) is 2.26. The highest BCUT2D eigenvalue weighted by Gasteiger charge is 2.18. The minimum Gasteiger partial charge on any atom is -0.362 e. The van der Waals surface area contributed by atoms with E-state index in [1.54, 1.807) is 0 Å². The number of benzene rings is 1. The molecule has 0 saturated carbocycles. The Kier molecular flexibility index (Phi) is 4.46. The summed E-state index contributed by atoms with van der Waals surface area (Å²) >= 11 is 0. The summed E-state index contributed by atoms with van der Waals surface area (Å²) in [6, 6.07) is 6.52. The summed E-state index contributed by atoms with van der Waals surface area (Å²) < 4.78 is 0. The molecule has 0 radical (unpaired) electrons. The first-order chi connectivity index (χ1) is 9.06. The molecule has 104 valence electrons. The molecule has 0 aliphatic carbocycles. The van der Waals surface area contributed by atoms with Gasteiger partial charge in [-0.25, -0.2) is 0 Å². The SMILES string of the molecule is Cc1ccc2c(c1)CCCN2CC(=O)NCC(C)C. The zero-order valence-electron chi connectivity index (χ0n) is 12.2. The highest BCUT2D eigenvalue weighted by Crippen LogP contribution is 2.27. The van der Waals surface area contributed by atoms with E-state index >= 15 is 0 Å². The van der Waals surface area contributed by atoms with Gasteiger partial charge >= 0.3 is 0 Å². The first-order valence-electron chi connectivity index (χ1n) is 7.17. The summed E-state index contributed by atoms with van der Waals surface area (Å²) in [5.74, 6) is 0.627. The molecule has 0 spiro atoms. The van der Waals surface area contributed by atoms with Crippen LogP contribution in [-0.4, -0.2) is 25.5 Å². The lowest BCUT2D eigenvalue weighted by Crippen LogP contribution is -2.40. The summed E-state index contributed by atoms with van der Waals surface area (Å²) in [5, 5.41) is 2.99. The predicted octanol–water partition coefficient (Wildman–Crippen LogP) is 2.52. The third kappa shape index (κ3) is 3.72. The van der Waals surface area contributed by atoms with Crippen LogP contribution in [0.15, 0.2) is 18.2 Å². The molecule has 1 heterocycles. The van der Waals surface area contributed by atoms with Crippen LogP contribution in [0.4, 0.5) is 5.69 Å². The van der Waals surface area contributed by atoms with Gasteiger partial charge in [0.15, 0.2) is 0 Å². The minimum absolute atomic E-state index is 0.127. The van der Waals surface area contributed by atoms with Gasteiger partial charge in [-0.1, -0.05) is 31.5 Å². The third-order valence-corrected chi connectivity index (χ3v) is 3.49. The van der Waals surface area contributed by atoms with Gasteiger partial charge in [0.2, 0.25) is 5.91 Å². The molecule has 0 fully saturated rings. The van der Waals surface area contributed by atoms with Crippen molar-refractivity contribution in [2.24, 2.45) is 5.92 Å². The standard InChI is InChI=1S/C16H24N2O/c1-12(2)10-17-16(19)11-18-8-4-5-14-9-13(3)6-7-15(14)18/h6-7,9,12H,4-5,8,10-11H2,1-3H3,(H,17,19). The molecule has 0 bridgehead atoms. The Morgan fingerprint density at radius 1 is 1.42 bits per heavy atom. The van der Waals surface area contributed by atoms with E-state index < -0.39 is 0 Å². The zero-order chi connectivity index (χ0) is 13.8. The van der Waals surface area contributed by atoms with Gasteiger partial charge in [0.05, 0.1) is 6.54 Å². The highest BCUT2D eigenvalue weighted by molar-refractivity contribution is 5.81. The molecule has 1 aliphatic rings. The lowest BCUT2D eigenvalue weighted by Gasteiger charge is -2.31. The van der Waals surface area contributed by atoms with E-state index in [2.05, 4.69) is 49.2 Å². The average molecular weight is 260 g/mol. The fourth-order valence-corrected chi connectivity index (χ4v) is 2.52. The minimum atomic E-state index is 0.127. The smallest absolute Gasteiger partial charge is 0.239 e. The topological polar surface area (TPSA) is 32.3 Å². The molecule has 19 heavy (non-hydrogen) atoms. The number of carbonyl (C=O) groups is 1. The maximum atomic E-state index is 11.9. The second kappa shape index (κ2) is 6.09. The number of nitrogens with zero attached hydrogens (tertiary/aromatic N) is 1. The highest BCUT2D eigenvalue weighted by atomic mass is 16.2. The number of nitrogens with one attached hydrogen (secondary N) is 1. The molecular weight excluding hydrogens is 236 g/mol. The molecule has 3 nitrogen and oxygen atoms in total. The van der Waals surface area contributed by atoms with Gasteiger partial charge in [0, 0.05) is 18.8 Å². The Morgan fingerprint density at radius 3 is 2.95 bits per heavy atom. The number of anilines is 1. The fourth-order valence-electron chi connectivity index (χ4n) is 2.52. The molecule has 1 aromatic carbocycles. The molecule has 3 heteroatoms. The number of hydrogen-bond donors (Lipinski definition) is 1. The van der Waals surface area contributed by atoms with Crippen molar-refractivity contribution < 1.29 is 4.79 Å². The van der Waals surface area contributed by atoms with E-state index in [0.29, 0.717) is 12.5 Å². The van der Waals surface area contributed by atoms with Crippen molar-refractivity contribution in [3.05, 3.63) is 29.3 Å². The van der Waals surface area contributed by atoms with E-state index in [1.807, 2.05) is 0 Å². The molecule has 1 N–H and O–H groups in total. The lowest BCUT2D eigenvalue weighted by molar-refractivity contribution is -0.119. The van der Waals surface area contributed by atoms with Crippen LogP contribution in [0.25, 0.3) is 0 Å². The van der Waals surface area contributed by atoms with Gasteiger partial charge in [-0.05, 0) is 37.3 Å². The Labute approximate surface area is 116 Å². The Hall–Kier alpha value is -1.51. The second-order valence-electron chi connectivity index (χ2n) is 5.86. The molecule has 0 unspecified atom stereocenters. The molecule has 1 aliphatic heterocycles. The number of amides is 1. The van der Waals surface area contributed by atoms with E-state index in [1.165, 1.54) is 16.8 Å². The lowest BCUT2D eigenvalue weighted by atomic mass is 9.99. The largest absolute Gasteiger partial charge is 0.362 e. The Bertz CT molecular complexity index is 454. The van der Waals surface area contributed by atoms with Gasteiger partial charge in [-0.15, -0.1) is 0 Å². The number of carbonyl (C=O) groups excluding carboxylic acids is 1. The van der Waals surface area contributed by atoms with E-state index in [-0.39, 0.29) is 5.91 Å². The van der Waals surface area contributed by atoms with Gasteiger partial charge in [0.25, 0.3) is 0 Å². The molecular formula is C16H24N2O. The number of aryl methyl sites for hydroxylation is 2. The summed E-state index contributed by atoms with van der Waals surface area (Å²) in [5.41, 5.74) is 3.91. The van der Waals surface area contributed by atoms with Crippen LogP contribution >= 0.6 is 0 Å². The van der Waals surface area contributed by atoms with Gasteiger partial charge in [0.1, 0.15) is 0 Å². The van der Waals surface area contributed by atoms with E-state index in [0.717, 1.165) is 25.9 Å². The number of hydrogen-bond acceptors (Lipinski definition) is 2. The second-order valence-corrected chi connectivity index (χ2v) is 5.86. The van der Waals surface area contributed by atoms with Crippen molar-refractivity contribution in [3.8, 4) is 0 Å². The molecule has 1 aromatic rings.